The van der Waals surface area contributed by atoms with Gasteiger partial charge < -0.3 is 19.3 Å². The summed E-state index contributed by atoms with van der Waals surface area (Å²) in [5, 5.41) is 0. The first-order valence-electron chi connectivity index (χ1n) is 19.4. The second-order valence-electron chi connectivity index (χ2n) is 13.3. The molecule has 0 unspecified atom stereocenters. The zero-order valence-corrected chi connectivity index (χ0v) is 31.3. The van der Waals surface area contributed by atoms with Gasteiger partial charge in [-0.2, -0.15) is 0 Å². The summed E-state index contributed by atoms with van der Waals surface area (Å²) in [5.41, 5.74) is 0. The number of hydrogen-bond donors (Lipinski definition) is 0. The molecule has 7 nitrogen and oxygen atoms in total. The Morgan fingerprint density at radius 2 is 0.894 bits per heavy atom. The highest BCUT2D eigenvalue weighted by Gasteiger charge is 2.13. The number of unbranched alkanes of at least 4 members (excludes halogenated alkanes) is 14. The minimum Gasteiger partial charge on any atom is -0.465 e. The molecule has 0 rings (SSSR count). The monoisotopic (exact) mass is 663 g/mol. The van der Waals surface area contributed by atoms with Crippen molar-refractivity contribution in [1.29, 1.82) is 0 Å². The van der Waals surface area contributed by atoms with Gasteiger partial charge in [-0.3, -0.25) is 14.4 Å². The van der Waals surface area contributed by atoms with Gasteiger partial charge >= 0.3 is 11.9 Å². The van der Waals surface area contributed by atoms with Gasteiger partial charge in [-0.15, -0.1) is 0 Å². The molecule has 0 aliphatic carbocycles. The molecule has 0 atom stereocenters. The Balaban J connectivity index is 4.06. The molecule has 0 saturated heterocycles. The molecule has 0 aromatic rings. The standard InChI is InChI=1S/C40H74N2O5/c1-5-7-9-11-13-21-27-36-46-39(44)31-23-17-15-19-25-34-42(38(43)30-29-33-41(3)4)35-26-20-16-18-24-32-40(45)47-37-28-22-14-12-10-8-6-2/h13-14,21-22H,5-12,15-20,23-37H2,1-4H3/b21-13-,22-14-. The molecule has 7 heteroatoms. The van der Waals surface area contributed by atoms with Crippen molar-refractivity contribution in [1.82, 2.24) is 9.80 Å². The van der Waals surface area contributed by atoms with Gasteiger partial charge in [0.25, 0.3) is 0 Å². The fourth-order valence-electron chi connectivity index (χ4n) is 5.39. The van der Waals surface area contributed by atoms with Crippen molar-refractivity contribution >= 4 is 17.8 Å². The summed E-state index contributed by atoms with van der Waals surface area (Å²) in [6.07, 6.45) is 32.5. The molecule has 0 aliphatic rings. The van der Waals surface area contributed by atoms with E-state index in [0.29, 0.717) is 32.5 Å². The Morgan fingerprint density at radius 1 is 0.468 bits per heavy atom. The Morgan fingerprint density at radius 3 is 1.34 bits per heavy atom. The van der Waals surface area contributed by atoms with Crippen LogP contribution in [0.25, 0.3) is 0 Å². The van der Waals surface area contributed by atoms with Crippen molar-refractivity contribution in [3.8, 4) is 0 Å². The third-order valence-corrected chi connectivity index (χ3v) is 8.34. The van der Waals surface area contributed by atoms with Gasteiger partial charge in [0, 0.05) is 32.4 Å². The second-order valence-corrected chi connectivity index (χ2v) is 13.3. The Bertz CT molecular complexity index is 743. The summed E-state index contributed by atoms with van der Waals surface area (Å²) < 4.78 is 10.7. The minimum atomic E-state index is -0.0877. The highest BCUT2D eigenvalue weighted by molar-refractivity contribution is 5.76. The van der Waals surface area contributed by atoms with Gasteiger partial charge in [-0.05, 0) is 91.3 Å². The molecular weight excluding hydrogens is 588 g/mol. The molecule has 1 amide bonds. The lowest BCUT2D eigenvalue weighted by Crippen LogP contribution is -2.33. The van der Waals surface area contributed by atoms with Crippen molar-refractivity contribution in [2.24, 2.45) is 0 Å². The molecule has 274 valence electrons. The van der Waals surface area contributed by atoms with Crippen LogP contribution in [-0.4, -0.2) is 74.6 Å². The van der Waals surface area contributed by atoms with Crippen LogP contribution in [0.1, 0.15) is 168 Å². The van der Waals surface area contributed by atoms with Crippen LogP contribution in [0.5, 0.6) is 0 Å². The SMILES string of the molecule is CCCCC/C=C\CCOC(=O)CCCCCCCN(CCCCCCCC(=O)OCC/C=C\CCCCC)C(=O)CCCN(C)C. The quantitative estimate of drug-likeness (QED) is 0.0388. The number of nitrogens with zero attached hydrogens (tertiary/aromatic N) is 2. The van der Waals surface area contributed by atoms with Crippen molar-refractivity contribution in [2.75, 3.05) is 46.9 Å². The smallest absolute Gasteiger partial charge is 0.305 e. The van der Waals surface area contributed by atoms with Crippen molar-refractivity contribution in [3.63, 3.8) is 0 Å². The zero-order chi connectivity index (χ0) is 34.6. The molecule has 0 aromatic carbocycles. The van der Waals surface area contributed by atoms with Crippen LogP contribution < -0.4 is 0 Å². The zero-order valence-electron chi connectivity index (χ0n) is 31.3. The van der Waals surface area contributed by atoms with Crippen molar-refractivity contribution < 1.29 is 23.9 Å². The van der Waals surface area contributed by atoms with Crippen LogP contribution >= 0.6 is 0 Å². The lowest BCUT2D eigenvalue weighted by molar-refractivity contribution is -0.144. The predicted molar refractivity (Wildman–Crippen MR) is 197 cm³/mol. The number of carbonyl (C=O) groups excluding carboxylic acids is 3. The molecule has 0 N–H and O–H groups in total. The summed E-state index contributed by atoms with van der Waals surface area (Å²) in [6, 6.07) is 0. The maximum Gasteiger partial charge on any atom is 0.305 e. The van der Waals surface area contributed by atoms with E-state index in [9.17, 15) is 14.4 Å². The first-order chi connectivity index (χ1) is 22.9. The van der Waals surface area contributed by atoms with Crippen LogP contribution in [0.15, 0.2) is 24.3 Å². The average Bonchev–Trinajstić information content (AvgIpc) is 3.05. The Hall–Kier alpha value is -2.15. The lowest BCUT2D eigenvalue weighted by atomic mass is 10.1. The van der Waals surface area contributed by atoms with E-state index in [4.69, 9.17) is 9.47 Å². The van der Waals surface area contributed by atoms with Gasteiger partial charge in [-0.25, -0.2) is 0 Å². The van der Waals surface area contributed by atoms with E-state index in [1.165, 1.54) is 38.5 Å². The van der Waals surface area contributed by atoms with Gasteiger partial charge in [0.1, 0.15) is 0 Å². The highest BCUT2D eigenvalue weighted by atomic mass is 16.5. The summed E-state index contributed by atoms with van der Waals surface area (Å²) in [6.45, 7) is 7.93. The molecule has 0 aliphatic heterocycles. The fourth-order valence-corrected chi connectivity index (χ4v) is 5.39. The predicted octanol–water partition coefficient (Wildman–Crippen LogP) is 9.98. The number of amides is 1. The number of esters is 2. The van der Waals surface area contributed by atoms with Gasteiger partial charge in [0.15, 0.2) is 0 Å². The number of allylic oxidation sites excluding steroid dienone is 2. The van der Waals surface area contributed by atoms with Crippen LogP contribution in [-0.2, 0) is 23.9 Å². The number of hydrogen-bond acceptors (Lipinski definition) is 6. The average molecular weight is 663 g/mol. The van der Waals surface area contributed by atoms with E-state index >= 15 is 0 Å². The normalized spacial score (nSPS) is 11.6. The first-order valence-corrected chi connectivity index (χ1v) is 19.4. The van der Waals surface area contributed by atoms with Crippen LogP contribution in [0.3, 0.4) is 0 Å². The van der Waals surface area contributed by atoms with Gasteiger partial charge in [-0.1, -0.05) is 102 Å². The maximum atomic E-state index is 13.0. The third-order valence-electron chi connectivity index (χ3n) is 8.34. The number of carbonyl (C=O) groups is 3. The molecule has 47 heavy (non-hydrogen) atoms. The summed E-state index contributed by atoms with van der Waals surface area (Å²) in [7, 11) is 4.09. The first kappa shape index (κ1) is 44.9. The molecular formula is C40H74N2O5. The molecule has 0 bridgehead atoms. The van der Waals surface area contributed by atoms with E-state index in [2.05, 4.69) is 48.0 Å². The summed E-state index contributed by atoms with van der Waals surface area (Å²) in [4.78, 5) is 41.1. The molecule has 0 fully saturated rings. The molecule has 0 heterocycles. The third kappa shape index (κ3) is 33.5. The number of rotatable bonds is 34. The summed E-state index contributed by atoms with van der Waals surface area (Å²) in [5.74, 6) is 0.0921. The molecule has 0 radical (unpaired) electrons. The van der Waals surface area contributed by atoms with E-state index in [1.54, 1.807) is 0 Å². The van der Waals surface area contributed by atoms with E-state index in [-0.39, 0.29) is 17.8 Å². The van der Waals surface area contributed by atoms with Crippen molar-refractivity contribution in [3.05, 3.63) is 24.3 Å². The molecule has 0 spiro atoms. The second kappa shape index (κ2) is 35.2. The van der Waals surface area contributed by atoms with E-state index in [1.807, 2.05) is 14.1 Å². The van der Waals surface area contributed by atoms with E-state index in [0.717, 1.165) is 116 Å². The van der Waals surface area contributed by atoms with Crippen LogP contribution in [0.4, 0.5) is 0 Å². The Kier molecular flexibility index (Phi) is 33.6. The Labute approximate surface area is 290 Å². The van der Waals surface area contributed by atoms with Crippen LogP contribution in [0.2, 0.25) is 0 Å². The lowest BCUT2D eigenvalue weighted by Gasteiger charge is -2.23. The largest absolute Gasteiger partial charge is 0.465 e. The van der Waals surface area contributed by atoms with Gasteiger partial charge in [0.05, 0.1) is 13.2 Å². The summed E-state index contributed by atoms with van der Waals surface area (Å²) >= 11 is 0. The fraction of sp³-hybridized carbons (Fsp3) is 0.825. The van der Waals surface area contributed by atoms with Gasteiger partial charge in [0.2, 0.25) is 5.91 Å². The van der Waals surface area contributed by atoms with Crippen LogP contribution in [0, 0.1) is 0 Å². The minimum absolute atomic E-state index is 0.0877. The molecule has 0 saturated carbocycles. The maximum absolute atomic E-state index is 13.0. The highest BCUT2D eigenvalue weighted by Crippen LogP contribution is 2.12. The number of ether oxygens (including phenoxy) is 2. The van der Waals surface area contributed by atoms with E-state index < -0.39 is 0 Å². The molecule has 0 aromatic heterocycles. The topological polar surface area (TPSA) is 76.1 Å². The van der Waals surface area contributed by atoms with Crippen molar-refractivity contribution in [2.45, 2.75) is 168 Å².